The summed E-state index contributed by atoms with van der Waals surface area (Å²) in [5.74, 6) is -0.495. The summed E-state index contributed by atoms with van der Waals surface area (Å²) in [4.78, 5) is 25.2. The second-order valence-electron chi connectivity index (χ2n) is 6.66. The number of halogens is 1. The minimum Gasteiger partial charge on any atom is -0.323 e. The normalized spacial score (nSPS) is 11.1. The first-order valence-corrected chi connectivity index (χ1v) is 10.1. The number of hydrogen-bond acceptors (Lipinski definition) is 5. The van der Waals surface area contributed by atoms with Crippen molar-refractivity contribution in [2.75, 3.05) is 11.1 Å². The second kappa shape index (κ2) is 8.11. The Morgan fingerprint density at radius 3 is 2.87 bits per heavy atom. The van der Waals surface area contributed by atoms with Crippen molar-refractivity contribution >= 4 is 40.0 Å². The van der Waals surface area contributed by atoms with E-state index in [0.717, 1.165) is 17.3 Å². The summed E-state index contributed by atoms with van der Waals surface area (Å²) in [6, 6.07) is 11.7. The van der Waals surface area contributed by atoms with Gasteiger partial charge in [-0.2, -0.15) is 0 Å². The van der Waals surface area contributed by atoms with Crippen LogP contribution in [0.25, 0.3) is 16.7 Å². The molecule has 0 bridgehead atoms. The molecule has 152 valence electrons. The molecule has 30 heavy (non-hydrogen) atoms. The maximum Gasteiger partial charge on any atom is 0.263 e. The van der Waals surface area contributed by atoms with E-state index < -0.39 is 5.82 Å². The maximum absolute atomic E-state index is 13.9. The van der Waals surface area contributed by atoms with E-state index in [0.29, 0.717) is 21.8 Å². The second-order valence-corrected chi connectivity index (χ2v) is 7.60. The minimum absolute atomic E-state index is 0.00306. The lowest BCUT2D eigenvalue weighted by atomic mass is 10.2. The fraction of sp³-hybridized carbons (Fsp3) is 0.143. The Labute approximate surface area is 175 Å². The number of nitrogens with zero attached hydrogens (tertiary/aromatic N) is 4. The third-order valence-corrected chi connectivity index (χ3v) is 5.45. The molecule has 2 heterocycles. The van der Waals surface area contributed by atoms with Crippen LogP contribution in [-0.4, -0.2) is 30.8 Å². The van der Waals surface area contributed by atoms with E-state index in [2.05, 4.69) is 22.1 Å². The predicted molar refractivity (Wildman–Crippen MR) is 115 cm³/mol. The molecule has 0 aliphatic heterocycles. The molecule has 7 nitrogen and oxygen atoms in total. The van der Waals surface area contributed by atoms with Gasteiger partial charge in [0.05, 0.1) is 22.3 Å². The van der Waals surface area contributed by atoms with E-state index in [-0.39, 0.29) is 29.5 Å². The van der Waals surface area contributed by atoms with E-state index in [9.17, 15) is 14.0 Å². The monoisotopic (exact) mass is 423 g/mol. The molecule has 0 saturated carbocycles. The molecule has 4 rings (SSSR count). The number of anilines is 1. The molecule has 0 radical (unpaired) electrons. The molecule has 1 amide bonds. The number of hydrogen-bond donors (Lipinski definition) is 1. The highest BCUT2D eigenvalue weighted by atomic mass is 32.2. The number of amides is 1. The molecule has 0 aliphatic carbocycles. The smallest absolute Gasteiger partial charge is 0.263 e. The summed E-state index contributed by atoms with van der Waals surface area (Å²) >= 11 is 1.16. The molecule has 0 fully saturated rings. The molecular weight excluding hydrogens is 405 g/mol. The molecule has 0 atom stereocenters. The topological polar surface area (TPSA) is 81.3 Å². The minimum atomic E-state index is -0.494. The summed E-state index contributed by atoms with van der Waals surface area (Å²) in [5, 5.41) is 11.9. The summed E-state index contributed by atoms with van der Waals surface area (Å²) in [5.41, 5.74) is 1.44. The molecular formula is C21H18FN5O2S. The van der Waals surface area contributed by atoms with Crippen LogP contribution in [0.3, 0.4) is 0 Å². The highest BCUT2D eigenvalue weighted by molar-refractivity contribution is 7.99. The van der Waals surface area contributed by atoms with Crippen molar-refractivity contribution in [3.8, 4) is 0 Å². The van der Waals surface area contributed by atoms with Gasteiger partial charge in [0.25, 0.3) is 5.56 Å². The van der Waals surface area contributed by atoms with E-state index in [1.807, 2.05) is 13.0 Å². The van der Waals surface area contributed by atoms with Gasteiger partial charge in [0.1, 0.15) is 5.82 Å². The van der Waals surface area contributed by atoms with Crippen LogP contribution in [-0.2, 0) is 11.3 Å². The molecule has 0 aliphatic rings. The van der Waals surface area contributed by atoms with Gasteiger partial charge >= 0.3 is 0 Å². The van der Waals surface area contributed by atoms with Crippen molar-refractivity contribution in [1.29, 1.82) is 0 Å². The van der Waals surface area contributed by atoms with Crippen LogP contribution in [0.4, 0.5) is 10.1 Å². The Morgan fingerprint density at radius 2 is 2.07 bits per heavy atom. The van der Waals surface area contributed by atoms with Gasteiger partial charge in [-0.15, -0.1) is 16.8 Å². The quantitative estimate of drug-likeness (QED) is 0.380. The van der Waals surface area contributed by atoms with Crippen LogP contribution in [0, 0.1) is 12.7 Å². The average molecular weight is 423 g/mol. The molecule has 0 saturated heterocycles. The fourth-order valence-electron chi connectivity index (χ4n) is 3.17. The third kappa shape index (κ3) is 3.59. The van der Waals surface area contributed by atoms with Gasteiger partial charge < -0.3 is 5.32 Å². The third-order valence-electron chi connectivity index (χ3n) is 4.52. The van der Waals surface area contributed by atoms with Crippen molar-refractivity contribution in [1.82, 2.24) is 19.2 Å². The fourth-order valence-corrected chi connectivity index (χ4v) is 3.91. The first-order valence-electron chi connectivity index (χ1n) is 9.16. The molecule has 2 aromatic heterocycles. The molecule has 0 spiro atoms. The van der Waals surface area contributed by atoms with Crippen molar-refractivity contribution in [3.05, 3.63) is 76.9 Å². The van der Waals surface area contributed by atoms with Crippen LogP contribution in [0.2, 0.25) is 0 Å². The van der Waals surface area contributed by atoms with E-state index in [4.69, 9.17) is 0 Å². The summed E-state index contributed by atoms with van der Waals surface area (Å²) in [6.07, 6.45) is 1.61. The van der Waals surface area contributed by atoms with Gasteiger partial charge in [0.15, 0.2) is 5.16 Å². The van der Waals surface area contributed by atoms with Crippen molar-refractivity contribution in [2.45, 2.75) is 18.6 Å². The molecule has 2 aromatic carbocycles. The van der Waals surface area contributed by atoms with Crippen LogP contribution in [0.15, 0.2) is 65.1 Å². The first-order chi connectivity index (χ1) is 14.5. The molecule has 4 aromatic rings. The van der Waals surface area contributed by atoms with Crippen LogP contribution < -0.4 is 10.9 Å². The van der Waals surface area contributed by atoms with Gasteiger partial charge in [-0.3, -0.25) is 18.6 Å². The predicted octanol–water partition coefficient (Wildman–Crippen LogP) is 3.41. The molecule has 0 unspecified atom stereocenters. The number of fused-ring (bicyclic) bond motifs is 3. The van der Waals surface area contributed by atoms with Crippen LogP contribution in [0.5, 0.6) is 0 Å². The summed E-state index contributed by atoms with van der Waals surface area (Å²) < 4.78 is 17.1. The number of thioether (sulfide) groups is 1. The van der Waals surface area contributed by atoms with E-state index in [1.165, 1.54) is 10.6 Å². The Bertz CT molecular complexity index is 1340. The zero-order valence-corrected chi connectivity index (χ0v) is 16.9. The maximum atomic E-state index is 13.9. The lowest BCUT2D eigenvalue weighted by Gasteiger charge is -2.10. The number of aromatic nitrogens is 4. The number of carbonyl (C=O) groups is 1. The zero-order valence-electron chi connectivity index (χ0n) is 16.1. The number of aryl methyl sites for hydroxylation is 1. The number of rotatable bonds is 6. The van der Waals surface area contributed by atoms with E-state index in [1.54, 1.807) is 40.8 Å². The van der Waals surface area contributed by atoms with Crippen molar-refractivity contribution in [3.63, 3.8) is 0 Å². The highest BCUT2D eigenvalue weighted by Gasteiger charge is 2.17. The largest absolute Gasteiger partial charge is 0.323 e. The number of nitrogens with one attached hydrogen (secondary N) is 1. The Balaban J connectivity index is 1.67. The van der Waals surface area contributed by atoms with Gasteiger partial charge in [0, 0.05) is 6.54 Å². The average Bonchev–Trinajstić information content (AvgIpc) is 3.16. The summed E-state index contributed by atoms with van der Waals surface area (Å²) in [7, 11) is 0. The zero-order chi connectivity index (χ0) is 21.3. The number of allylic oxidation sites excluding steroid dienone is 1. The lowest BCUT2D eigenvalue weighted by molar-refractivity contribution is -0.113. The van der Waals surface area contributed by atoms with Crippen molar-refractivity contribution < 1.29 is 9.18 Å². The summed E-state index contributed by atoms with van der Waals surface area (Å²) in [6.45, 7) is 5.80. The number of carbonyl (C=O) groups excluding carboxylic acids is 1. The number of para-hydroxylation sites is 1. The Hall–Kier alpha value is -3.46. The van der Waals surface area contributed by atoms with Gasteiger partial charge in [-0.25, -0.2) is 4.39 Å². The lowest BCUT2D eigenvalue weighted by Crippen LogP contribution is -2.22. The van der Waals surface area contributed by atoms with Crippen LogP contribution in [0.1, 0.15) is 5.56 Å². The van der Waals surface area contributed by atoms with E-state index >= 15 is 0 Å². The van der Waals surface area contributed by atoms with Crippen molar-refractivity contribution in [2.24, 2.45) is 0 Å². The standard InChI is InChI=1S/C21H18FN5O2S/c1-3-10-26-19(29)14-6-4-5-7-17(14)27-20(26)24-25-21(27)30-12-18(28)23-16-11-13(2)8-9-15(16)22/h3-9,11H,1,10,12H2,2H3,(H,23,28). The highest BCUT2D eigenvalue weighted by Crippen LogP contribution is 2.22. The molecule has 1 N–H and O–H groups in total. The Morgan fingerprint density at radius 1 is 1.27 bits per heavy atom. The first kappa shape index (κ1) is 19.8. The Kier molecular flexibility index (Phi) is 5.37. The SMILES string of the molecule is C=CCn1c(=O)c2ccccc2n2c(SCC(=O)Nc3cc(C)ccc3F)nnc12. The van der Waals surface area contributed by atoms with Gasteiger partial charge in [0.2, 0.25) is 11.7 Å². The number of benzene rings is 2. The molecule has 9 heteroatoms. The van der Waals surface area contributed by atoms with Gasteiger partial charge in [-0.1, -0.05) is 36.0 Å². The van der Waals surface area contributed by atoms with Gasteiger partial charge in [-0.05, 0) is 36.8 Å². The van der Waals surface area contributed by atoms with Crippen LogP contribution >= 0.6 is 11.8 Å².